The molecule has 0 fully saturated rings. The number of hydrogen-bond donors (Lipinski definition) is 2. The number of aliphatic carboxylic acids is 1. The van der Waals surface area contributed by atoms with Crippen LogP contribution in [-0.2, 0) is 17.6 Å². The highest BCUT2D eigenvalue weighted by molar-refractivity contribution is 7.19. The number of aromatic nitrogens is 2. The van der Waals surface area contributed by atoms with Crippen molar-refractivity contribution in [1.82, 2.24) is 9.97 Å². The second-order valence-corrected chi connectivity index (χ2v) is 7.76. The summed E-state index contributed by atoms with van der Waals surface area (Å²) in [5.41, 5.74) is 1.99. The van der Waals surface area contributed by atoms with Gasteiger partial charge in [0.15, 0.2) is 0 Å². The maximum atomic E-state index is 11.4. The Balaban J connectivity index is 1.59. The van der Waals surface area contributed by atoms with Gasteiger partial charge in [-0.1, -0.05) is 0 Å². The Morgan fingerprint density at radius 1 is 1.37 bits per heavy atom. The Morgan fingerprint density at radius 2 is 2.26 bits per heavy atom. The number of fused-ring (bicyclic) bond motifs is 4. The third-order valence-corrected chi connectivity index (χ3v) is 6.30. The third kappa shape index (κ3) is 2.56. The lowest BCUT2D eigenvalue weighted by Crippen LogP contribution is -2.31. The number of carboxylic acid groups (broad SMARTS) is 1. The number of hydrogen-bond acceptors (Lipinski definition) is 7. The number of ether oxygens (including phenoxy) is 1. The van der Waals surface area contributed by atoms with E-state index in [-0.39, 0.29) is 5.92 Å². The first-order valence-electron chi connectivity index (χ1n) is 8.65. The summed E-state index contributed by atoms with van der Waals surface area (Å²) < 4.78 is 5.49. The number of rotatable bonds is 4. The van der Waals surface area contributed by atoms with Gasteiger partial charge in [-0.3, -0.25) is 9.79 Å². The van der Waals surface area contributed by atoms with Gasteiger partial charge in [0.25, 0.3) is 0 Å². The molecule has 5 rings (SSSR count). The fourth-order valence-electron chi connectivity index (χ4n) is 3.68. The molecule has 3 heterocycles. The lowest BCUT2D eigenvalue weighted by Gasteiger charge is -2.19. The standard InChI is InChI=1S/C19H16N4O3S/c1-26-14-6-12-10(7-20-12)4-13(14)23-17-16-11-3-2-9(19(24)25)5-15(11)27-18(16)22-8-21-17/h4,6-9H,2-3,5H2,1H3,(H,24,25)(H,21,22,23). The number of carboxylic acids is 1. The molecule has 27 heavy (non-hydrogen) atoms. The molecule has 1 unspecified atom stereocenters. The van der Waals surface area contributed by atoms with Gasteiger partial charge in [-0.2, -0.15) is 0 Å². The van der Waals surface area contributed by atoms with Gasteiger partial charge in [-0.25, -0.2) is 9.97 Å². The fourth-order valence-corrected chi connectivity index (χ4v) is 4.95. The molecule has 3 aromatic rings. The van der Waals surface area contributed by atoms with Crippen LogP contribution in [0.4, 0.5) is 11.5 Å². The summed E-state index contributed by atoms with van der Waals surface area (Å²) in [6, 6.07) is 3.89. The normalized spacial score (nSPS) is 17.1. The number of thiophene rings is 1. The molecular formula is C19H16N4O3S. The first-order chi connectivity index (χ1) is 13.1. The van der Waals surface area contributed by atoms with E-state index < -0.39 is 5.97 Å². The van der Waals surface area contributed by atoms with Crippen LogP contribution in [0.3, 0.4) is 0 Å². The highest BCUT2D eigenvalue weighted by atomic mass is 32.1. The van der Waals surface area contributed by atoms with Crippen LogP contribution in [0.5, 0.6) is 5.75 Å². The Kier molecular flexibility index (Phi) is 3.61. The van der Waals surface area contributed by atoms with E-state index >= 15 is 0 Å². The molecule has 0 bridgehead atoms. The molecule has 2 aliphatic rings. The van der Waals surface area contributed by atoms with E-state index in [0.717, 1.165) is 43.6 Å². The molecule has 2 aromatic heterocycles. The smallest absolute Gasteiger partial charge is 0.306 e. The summed E-state index contributed by atoms with van der Waals surface area (Å²) in [6.07, 6.45) is 5.28. The van der Waals surface area contributed by atoms with Gasteiger partial charge in [0.2, 0.25) is 0 Å². The summed E-state index contributed by atoms with van der Waals surface area (Å²) in [5.74, 6) is 0.381. The lowest BCUT2D eigenvalue weighted by atomic mass is 9.88. The van der Waals surface area contributed by atoms with Crippen LogP contribution < -0.4 is 20.6 Å². The third-order valence-electron chi connectivity index (χ3n) is 5.14. The Labute approximate surface area is 158 Å². The maximum Gasteiger partial charge on any atom is 0.306 e. The predicted octanol–water partition coefficient (Wildman–Crippen LogP) is 2.00. The van der Waals surface area contributed by atoms with Gasteiger partial charge in [0, 0.05) is 22.4 Å². The molecule has 0 amide bonds. The second-order valence-electron chi connectivity index (χ2n) is 6.68. The van der Waals surface area contributed by atoms with Gasteiger partial charge in [0.05, 0.1) is 29.5 Å². The molecule has 0 saturated carbocycles. The molecule has 1 aromatic carbocycles. The molecule has 0 saturated heterocycles. The topological polar surface area (TPSA) is 96.7 Å². The Bertz CT molecular complexity index is 1220. The summed E-state index contributed by atoms with van der Waals surface area (Å²) in [7, 11) is 1.63. The fraction of sp³-hybridized carbons (Fsp3) is 0.263. The van der Waals surface area contributed by atoms with E-state index in [9.17, 15) is 9.90 Å². The van der Waals surface area contributed by atoms with Gasteiger partial charge >= 0.3 is 5.97 Å². The predicted molar refractivity (Wildman–Crippen MR) is 102 cm³/mol. The summed E-state index contributed by atoms with van der Waals surface area (Å²) in [5, 5.41) is 15.7. The quantitative estimate of drug-likeness (QED) is 0.719. The molecule has 7 nitrogen and oxygen atoms in total. The van der Waals surface area contributed by atoms with Crippen LogP contribution in [0.15, 0.2) is 23.5 Å². The SMILES string of the molecule is COc1cc2c(cc1Nc1ncnc3sc4c(c13)CCC(C(=O)O)C4)=CN=2. The molecule has 0 radical (unpaired) electrons. The van der Waals surface area contributed by atoms with Gasteiger partial charge in [0.1, 0.15) is 22.7 Å². The zero-order valence-corrected chi connectivity index (χ0v) is 15.3. The first-order valence-corrected chi connectivity index (χ1v) is 9.47. The zero-order valence-electron chi connectivity index (χ0n) is 14.5. The molecule has 2 N–H and O–H groups in total. The Hall–Kier alpha value is -3.00. The van der Waals surface area contributed by atoms with Crippen molar-refractivity contribution in [2.45, 2.75) is 19.3 Å². The molecule has 8 heteroatoms. The first kappa shape index (κ1) is 16.2. The number of methoxy groups -OCH3 is 1. The maximum absolute atomic E-state index is 11.4. The molecule has 1 atom stereocenters. The number of benzene rings is 1. The lowest BCUT2D eigenvalue weighted by molar-refractivity contribution is -0.142. The van der Waals surface area contributed by atoms with Crippen LogP contribution in [0.1, 0.15) is 16.9 Å². The minimum Gasteiger partial charge on any atom is -0.494 e. The number of anilines is 2. The molecule has 1 aliphatic carbocycles. The number of nitrogens with zero attached hydrogens (tertiary/aromatic N) is 3. The van der Waals surface area contributed by atoms with Gasteiger partial charge < -0.3 is 15.2 Å². The van der Waals surface area contributed by atoms with Crippen LogP contribution in [0.25, 0.3) is 16.4 Å². The van der Waals surface area contributed by atoms with E-state index in [1.807, 2.05) is 18.3 Å². The number of carbonyl (C=O) groups is 1. The van der Waals surface area contributed by atoms with Gasteiger partial charge in [-0.15, -0.1) is 11.3 Å². The van der Waals surface area contributed by atoms with E-state index in [2.05, 4.69) is 20.3 Å². The number of aryl methyl sites for hydroxylation is 1. The van der Waals surface area contributed by atoms with Crippen LogP contribution in [-0.4, -0.2) is 28.2 Å². The molecular weight excluding hydrogens is 364 g/mol. The van der Waals surface area contributed by atoms with Crippen LogP contribution >= 0.6 is 11.3 Å². The van der Waals surface area contributed by atoms with E-state index in [1.54, 1.807) is 18.4 Å². The van der Waals surface area contributed by atoms with Crippen molar-refractivity contribution in [2.75, 3.05) is 12.4 Å². The molecule has 0 spiro atoms. The van der Waals surface area contributed by atoms with Crippen LogP contribution in [0.2, 0.25) is 0 Å². The highest BCUT2D eigenvalue weighted by Gasteiger charge is 2.29. The second kappa shape index (κ2) is 6.02. The van der Waals surface area contributed by atoms with E-state index in [4.69, 9.17) is 4.74 Å². The van der Waals surface area contributed by atoms with E-state index in [0.29, 0.717) is 18.6 Å². The largest absolute Gasteiger partial charge is 0.494 e. The highest BCUT2D eigenvalue weighted by Crippen LogP contribution is 2.40. The van der Waals surface area contributed by atoms with Gasteiger partial charge in [-0.05, 0) is 30.9 Å². The number of nitrogens with one attached hydrogen (secondary N) is 1. The van der Waals surface area contributed by atoms with Crippen molar-refractivity contribution in [3.05, 3.63) is 39.5 Å². The zero-order chi connectivity index (χ0) is 18.5. The van der Waals surface area contributed by atoms with Crippen LogP contribution in [0, 0.1) is 5.92 Å². The average Bonchev–Trinajstić information content (AvgIpc) is 3.02. The van der Waals surface area contributed by atoms with Crippen molar-refractivity contribution < 1.29 is 14.6 Å². The Morgan fingerprint density at radius 3 is 3.00 bits per heavy atom. The monoisotopic (exact) mass is 380 g/mol. The minimum atomic E-state index is -0.726. The van der Waals surface area contributed by atoms with E-state index in [1.165, 1.54) is 11.9 Å². The van der Waals surface area contributed by atoms with Crippen molar-refractivity contribution in [2.24, 2.45) is 10.9 Å². The molecule has 136 valence electrons. The minimum absolute atomic E-state index is 0.317. The summed E-state index contributed by atoms with van der Waals surface area (Å²) >= 11 is 1.57. The van der Waals surface area contributed by atoms with Crippen molar-refractivity contribution in [1.29, 1.82) is 0 Å². The molecule has 1 aliphatic heterocycles. The van der Waals surface area contributed by atoms with Crippen molar-refractivity contribution in [3.8, 4) is 5.75 Å². The summed E-state index contributed by atoms with van der Waals surface area (Å²) in [6.45, 7) is 0. The van der Waals surface area contributed by atoms with Crippen molar-refractivity contribution in [3.63, 3.8) is 0 Å². The summed E-state index contributed by atoms with van der Waals surface area (Å²) in [4.78, 5) is 26.4. The van der Waals surface area contributed by atoms with Crippen molar-refractivity contribution >= 4 is 45.2 Å². The average molecular weight is 380 g/mol.